The lowest BCUT2D eigenvalue weighted by molar-refractivity contribution is 0.126. The largest absolute Gasteiger partial charge is 0.386 e. The molecule has 7 atom stereocenters. The average Bonchev–Trinajstić information content (AvgIpc) is 3.49. The van der Waals surface area contributed by atoms with Crippen molar-refractivity contribution in [1.29, 1.82) is 0 Å². The first kappa shape index (κ1) is 63.6. The molecule has 0 aromatic rings. The summed E-state index contributed by atoms with van der Waals surface area (Å²) in [4.78, 5) is 1.35. The van der Waals surface area contributed by atoms with Gasteiger partial charge >= 0.3 is 0 Å². The highest BCUT2D eigenvalue weighted by molar-refractivity contribution is 8.02. The zero-order chi connectivity index (χ0) is 45.5. The smallest absolute Gasteiger partial charge is 0.0303 e. The van der Waals surface area contributed by atoms with Crippen LogP contribution in [-0.2, 0) is 0 Å². The van der Waals surface area contributed by atoms with Crippen molar-refractivity contribution in [1.82, 2.24) is 5.32 Å². The molecule has 0 aromatic carbocycles. The van der Waals surface area contributed by atoms with Crippen LogP contribution in [0.15, 0.2) is 61.2 Å². The van der Waals surface area contributed by atoms with E-state index in [0.717, 1.165) is 29.9 Å². The molecule has 3 rings (SSSR count). The Labute approximate surface area is 361 Å². The van der Waals surface area contributed by atoms with Gasteiger partial charge in [0.2, 0.25) is 0 Å². The molecule has 332 valence electrons. The summed E-state index contributed by atoms with van der Waals surface area (Å²) in [5.74, 6) is 4.57. The first-order valence-corrected chi connectivity index (χ1v) is 24.2. The minimum atomic E-state index is 0.269. The van der Waals surface area contributed by atoms with Gasteiger partial charge in [0.15, 0.2) is 0 Å². The van der Waals surface area contributed by atoms with Gasteiger partial charge in [-0.3, -0.25) is 0 Å². The van der Waals surface area contributed by atoms with Crippen LogP contribution in [0.4, 0.5) is 0 Å². The van der Waals surface area contributed by atoms with Gasteiger partial charge in [-0.05, 0) is 115 Å². The Hall–Kier alpha value is -1.59. The zero-order valence-corrected chi connectivity index (χ0v) is 42.9. The maximum Gasteiger partial charge on any atom is 0.0303 e. The first-order chi connectivity index (χ1) is 26.2. The molecule has 0 amide bonds. The highest BCUT2D eigenvalue weighted by atomic mass is 32.2. The molecule has 0 aromatic heterocycles. The van der Waals surface area contributed by atoms with E-state index in [1.54, 1.807) is 0 Å². The molecule has 0 saturated heterocycles. The molecule has 2 heteroatoms. The molecule has 3 saturated carbocycles. The van der Waals surface area contributed by atoms with Crippen LogP contribution in [0, 0.1) is 64.6 Å². The lowest BCUT2D eigenvalue weighted by Crippen LogP contribution is -2.38. The predicted molar refractivity (Wildman–Crippen MR) is 269 cm³/mol. The fraction of sp³-hybridized carbons (Fsp3) is 0.778. The van der Waals surface area contributed by atoms with Crippen molar-refractivity contribution in [3.05, 3.63) is 61.2 Å². The SMILES string of the molecule is C#C.C=C.C=C(C)C1C(C)CCC1(C)C(=C)C(C)C1(C)CCCCC1.C=C(C)NC(CC)C(C)(C)C.C=C(SC)C(C)C(C)CC1CCC1.CC.CC.CCC. The normalized spacial score (nSPS) is 22.5. The molecule has 7 unspecified atom stereocenters. The van der Waals surface area contributed by atoms with E-state index in [2.05, 4.69) is 154 Å². The van der Waals surface area contributed by atoms with Gasteiger partial charge in [-0.1, -0.05) is 193 Å². The van der Waals surface area contributed by atoms with E-state index in [1.807, 2.05) is 46.4 Å². The molecule has 0 aliphatic heterocycles. The Morgan fingerprint density at radius 2 is 1.25 bits per heavy atom. The van der Waals surface area contributed by atoms with Crippen molar-refractivity contribution in [2.45, 2.75) is 214 Å². The summed E-state index contributed by atoms with van der Waals surface area (Å²) in [5, 5.41) is 3.38. The van der Waals surface area contributed by atoms with Crippen LogP contribution in [0.2, 0.25) is 0 Å². The van der Waals surface area contributed by atoms with Crippen LogP contribution in [-0.4, -0.2) is 12.3 Å². The third-order valence-electron chi connectivity index (χ3n) is 12.6. The van der Waals surface area contributed by atoms with Crippen LogP contribution in [0.25, 0.3) is 0 Å². The van der Waals surface area contributed by atoms with E-state index in [9.17, 15) is 0 Å². The molecule has 3 fully saturated rings. The van der Waals surface area contributed by atoms with Crippen molar-refractivity contribution >= 4 is 11.8 Å². The molecule has 0 spiro atoms. The lowest BCUT2D eigenvalue weighted by Gasteiger charge is -2.46. The van der Waals surface area contributed by atoms with Crippen LogP contribution in [0.1, 0.15) is 208 Å². The highest BCUT2D eigenvalue weighted by Gasteiger charge is 2.48. The van der Waals surface area contributed by atoms with E-state index >= 15 is 0 Å². The van der Waals surface area contributed by atoms with Crippen molar-refractivity contribution in [2.75, 3.05) is 6.26 Å². The van der Waals surface area contributed by atoms with E-state index in [0.29, 0.717) is 34.6 Å². The van der Waals surface area contributed by atoms with Crippen molar-refractivity contribution in [3.8, 4) is 12.8 Å². The minimum Gasteiger partial charge on any atom is -0.386 e. The van der Waals surface area contributed by atoms with Crippen LogP contribution >= 0.6 is 11.8 Å². The zero-order valence-electron chi connectivity index (χ0n) is 42.0. The number of hydrogen-bond acceptors (Lipinski definition) is 2. The van der Waals surface area contributed by atoms with Crippen LogP contribution < -0.4 is 5.32 Å². The topological polar surface area (TPSA) is 12.0 Å². The Balaban J connectivity index is -0.000000215. The lowest BCUT2D eigenvalue weighted by atomic mass is 9.58. The molecule has 1 nitrogen and oxygen atoms in total. The molecule has 0 heterocycles. The molecule has 56 heavy (non-hydrogen) atoms. The van der Waals surface area contributed by atoms with E-state index in [-0.39, 0.29) is 5.41 Å². The fourth-order valence-electron chi connectivity index (χ4n) is 8.77. The monoisotopic (exact) mass is 800 g/mol. The number of thioether (sulfide) groups is 1. The molecule has 1 N–H and O–H groups in total. The molecule has 0 bridgehead atoms. The van der Waals surface area contributed by atoms with Crippen molar-refractivity contribution in [2.24, 2.45) is 51.8 Å². The van der Waals surface area contributed by atoms with Gasteiger partial charge in [0, 0.05) is 11.7 Å². The van der Waals surface area contributed by atoms with Gasteiger partial charge in [-0.2, -0.15) is 0 Å². The standard InChI is InChI=1S/C21H36.C12H22S.C10H21N.C3H8.2C2H6.C2H4.C2H2/c1-15(2)19-16(3)11-14-21(19,7)18(5)17(4)20(6)12-9-8-10-13-20;1-9(8-12-6-5-7-12)10(2)11(3)13-4;1-7-9(10(4,5)6)11-8(2)3;1-3-2;4*1-2/h16-17,19H,1,5,8-14H2,2-4,6-7H3;9-10,12H,3,5-8H2,1-2,4H3;9,11H,2,7H2,1,3-6H3;3H2,1-2H3;2*1-2H3;1-2H2;1-2H. The summed E-state index contributed by atoms with van der Waals surface area (Å²) in [7, 11) is 0. The van der Waals surface area contributed by atoms with Crippen LogP contribution in [0.3, 0.4) is 0 Å². The number of rotatable bonds is 12. The molecule has 3 aliphatic carbocycles. The summed E-state index contributed by atoms with van der Waals surface area (Å²) in [5.41, 5.74) is 5.02. The molecule has 0 radical (unpaired) electrons. The summed E-state index contributed by atoms with van der Waals surface area (Å²) in [6.45, 7) is 62.9. The fourth-order valence-corrected chi connectivity index (χ4v) is 9.37. The van der Waals surface area contributed by atoms with E-state index in [4.69, 9.17) is 0 Å². The highest BCUT2D eigenvalue weighted by Crippen LogP contribution is 2.58. The third kappa shape index (κ3) is 23.7. The van der Waals surface area contributed by atoms with Gasteiger partial charge in [-0.25, -0.2) is 0 Å². The number of allylic oxidation sites excluding steroid dienone is 4. The Kier molecular flexibility index (Phi) is 40.1. The number of terminal acetylenes is 1. The quantitative estimate of drug-likeness (QED) is 0.156. The van der Waals surface area contributed by atoms with Crippen molar-refractivity contribution in [3.63, 3.8) is 0 Å². The number of nitrogens with one attached hydrogen (secondary N) is 1. The van der Waals surface area contributed by atoms with Gasteiger partial charge in [0.25, 0.3) is 0 Å². The molecule has 3 aliphatic rings. The van der Waals surface area contributed by atoms with Gasteiger partial charge in [0.05, 0.1) is 0 Å². The second-order valence-electron chi connectivity index (χ2n) is 18.1. The van der Waals surface area contributed by atoms with Gasteiger partial charge in [-0.15, -0.1) is 37.8 Å². The Morgan fingerprint density at radius 3 is 1.55 bits per heavy atom. The summed E-state index contributed by atoms with van der Waals surface area (Å²) < 4.78 is 0. The van der Waals surface area contributed by atoms with Crippen LogP contribution in [0.5, 0.6) is 0 Å². The molecular formula is C54H105NS. The second kappa shape index (κ2) is 35.4. The van der Waals surface area contributed by atoms with Gasteiger partial charge < -0.3 is 5.32 Å². The predicted octanol–water partition coefficient (Wildman–Crippen LogP) is 18.6. The van der Waals surface area contributed by atoms with Gasteiger partial charge in [0.1, 0.15) is 0 Å². The maximum atomic E-state index is 4.65. The van der Waals surface area contributed by atoms with E-state index in [1.165, 1.54) is 93.1 Å². The van der Waals surface area contributed by atoms with Crippen molar-refractivity contribution < 1.29 is 0 Å². The van der Waals surface area contributed by atoms with E-state index < -0.39 is 0 Å². The minimum absolute atomic E-state index is 0.269. The third-order valence-corrected chi connectivity index (χ3v) is 13.5. The summed E-state index contributed by atoms with van der Waals surface area (Å²) >= 11 is 1.82. The average molecular weight is 801 g/mol. The second-order valence-corrected chi connectivity index (χ2v) is 19.1. The molecular weight excluding hydrogens is 695 g/mol. The summed E-state index contributed by atoms with van der Waals surface area (Å²) in [6, 6.07) is 0.542. The summed E-state index contributed by atoms with van der Waals surface area (Å²) in [6.07, 6.45) is 28.0. The number of hydrogen-bond donors (Lipinski definition) is 1. The Bertz CT molecular complexity index is 1010. The first-order valence-electron chi connectivity index (χ1n) is 23.0. The Morgan fingerprint density at radius 1 is 0.804 bits per heavy atom. The maximum absolute atomic E-state index is 4.65.